The molecule has 4 aromatic rings. The molecule has 9 heteroatoms. The Bertz CT molecular complexity index is 1630. The maximum atomic E-state index is 15.5. The quantitative estimate of drug-likeness (QED) is 0.222. The first kappa shape index (κ1) is 24.7. The molecule has 0 aliphatic carbocycles. The lowest BCUT2D eigenvalue weighted by molar-refractivity contribution is 0.500. The van der Waals surface area contributed by atoms with E-state index in [1.807, 2.05) is 0 Å². The summed E-state index contributed by atoms with van der Waals surface area (Å²) in [6, 6.07) is 1.54. The van der Waals surface area contributed by atoms with E-state index in [-0.39, 0.29) is 18.4 Å². The fourth-order valence-electron chi connectivity index (χ4n) is 4.53. The summed E-state index contributed by atoms with van der Waals surface area (Å²) >= 11 is 0. The minimum atomic E-state index is -2.00. The second kappa shape index (κ2) is 8.36. The van der Waals surface area contributed by atoms with Crippen LogP contribution < -0.4 is 10.4 Å². The minimum Gasteiger partial charge on any atom is -0.205 e. The molecule has 182 valence electrons. The van der Waals surface area contributed by atoms with E-state index < -0.39 is 101 Å². The Balaban J connectivity index is 2.57. The van der Waals surface area contributed by atoms with Crippen molar-refractivity contribution in [1.82, 2.24) is 0 Å². The molecule has 0 spiro atoms. The van der Waals surface area contributed by atoms with Crippen LogP contribution in [0.4, 0.5) is 35.1 Å². The van der Waals surface area contributed by atoms with Crippen LogP contribution in [-0.4, -0.2) is 0 Å². The van der Waals surface area contributed by atoms with Gasteiger partial charge in [-0.3, -0.25) is 0 Å². The van der Waals surface area contributed by atoms with Gasteiger partial charge in [-0.25, -0.2) is 35.1 Å². The average Bonchev–Trinajstić information content (AvgIpc) is 2.79. The highest BCUT2D eigenvalue weighted by Gasteiger charge is 2.33. The van der Waals surface area contributed by atoms with Crippen molar-refractivity contribution in [3.05, 3.63) is 57.0 Å². The molecular weight excluding hydrogens is 478 g/mol. The Labute approximate surface area is 193 Å². The van der Waals surface area contributed by atoms with Crippen LogP contribution in [0, 0.1) is 63.8 Å². The van der Waals surface area contributed by atoms with Gasteiger partial charge in [0.15, 0.2) is 23.3 Å². The van der Waals surface area contributed by atoms with E-state index in [4.69, 9.17) is 0 Å². The van der Waals surface area contributed by atoms with Crippen LogP contribution in [0.1, 0.15) is 40.5 Å². The third-order valence-corrected chi connectivity index (χ3v) is 6.47. The summed E-state index contributed by atoms with van der Waals surface area (Å²) in [4.78, 5) is 0. The van der Waals surface area contributed by atoms with Gasteiger partial charge in [-0.1, -0.05) is 32.8 Å². The van der Waals surface area contributed by atoms with Crippen LogP contribution in [-0.2, 0) is 0 Å². The molecule has 4 aromatic carbocycles. The molecule has 0 aromatic heterocycles. The molecule has 1 nitrogen and oxygen atoms in total. The predicted octanol–water partition coefficient (Wildman–Crippen LogP) is 7.00. The van der Waals surface area contributed by atoms with Crippen LogP contribution >= 0.6 is 0 Å². The van der Waals surface area contributed by atoms with Crippen molar-refractivity contribution in [3.63, 3.8) is 0 Å². The molecule has 0 aliphatic heterocycles. The summed E-state index contributed by atoms with van der Waals surface area (Å²) in [5.41, 5.74) is -0.549. The largest absolute Gasteiger partial charge is 0.205 e. The van der Waals surface area contributed by atoms with Crippen molar-refractivity contribution in [2.45, 2.75) is 40.5 Å². The second-order valence-electron chi connectivity index (χ2n) is 8.69. The molecule has 0 fully saturated rings. The summed E-state index contributed by atoms with van der Waals surface area (Å²) in [6.07, 6.45) is 0.00834. The first-order valence-electron chi connectivity index (χ1n) is 10.7. The lowest BCUT2D eigenvalue weighted by Gasteiger charge is -2.19. The van der Waals surface area contributed by atoms with E-state index in [0.717, 1.165) is 0 Å². The number of halogens is 8. The maximum Gasteiger partial charge on any atom is 0.170 e. The number of nitriles is 1. The highest BCUT2D eigenvalue weighted by Crippen LogP contribution is 2.43. The summed E-state index contributed by atoms with van der Waals surface area (Å²) in [5, 5.41) is 0.0764. The molecule has 0 unspecified atom stereocenters. The highest BCUT2D eigenvalue weighted by molar-refractivity contribution is 6.24. The van der Waals surface area contributed by atoms with E-state index in [1.54, 1.807) is 13.0 Å². The van der Waals surface area contributed by atoms with Gasteiger partial charge in [-0.05, 0) is 19.3 Å². The Morgan fingerprint density at radius 3 is 1.26 bits per heavy atom. The van der Waals surface area contributed by atoms with E-state index >= 15 is 35.1 Å². The van der Waals surface area contributed by atoms with Crippen molar-refractivity contribution in [1.29, 1.82) is 5.26 Å². The van der Waals surface area contributed by atoms with Gasteiger partial charge in [0.2, 0.25) is 0 Å². The van der Waals surface area contributed by atoms with Crippen molar-refractivity contribution >= 4 is 43.5 Å². The summed E-state index contributed by atoms with van der Waals surface area (Å²) < 4.78 is 123. The Kier molecular flexibility index (Phi) is 5.90. The Morgan fingerprint density at radius 1 is 0.629 bits per heavy atom. The van der Waals surface area contributed by atoms with Crippen LogP contribution in [0.3, 0.4) is 0 Å². The number of hydrogen-bond acceptors (Lipinski definition) is 1. The molecule has 0 saturated carbocycles. The average molecular weight is 495 g/mol. The van der Waals surface area contributed by atoms with Gasteiger partial charge in [0, 0.05) is 21.6 Å². The van der Waals surface area contributed by atoms with Gasteiger partial charge >= 0.3 is 0 Å². The molecule has 0 bridgehead atoms. The van der Waals surface area contributed by atoms with Crippen LogP contribution in [0.2, 0.25) is 0 Å². The number of nitrogens with zero attached hydrogens (tertiary/aromatic N) is 1. The van der Waals surface area contributed by atoms with E-state index in [2.05, 4.69) is 0 Å². The molecule has 0 amide bonds. The normalized spacial score (nSPS) is 11.9. The van der Waals surface area contributed by atoms with E-state index in [1.165, 1.54) is 20.8 Å². The van der Waals surface area contributed by atoms with Crippen molar-refractivity contribution in [3.8, 4) is 6.07 Å². The first-order chi connectivity index (χ1) is 16.4. The highest BCUT2D eigenvalue weighted by atomic mass is 19.2. The van der Waals surface area contributed by atoms with Crippen LogP contribution in [0.25, 0.3) is 43.5 Å². The van der Waals surface area contributed by atoms with E-state index in [0.29, 0.717) is 0 Å². The minimum absolute atomic E-state index is 0.00223. The standard InChI is InChI=1S/C26H17F8N/c1-5-6-10(7-35)12-21(29)17-14-13-15(23(31)25(17)33)19(27)11(9(4)8(2)3)20(28)16(13)24(32)26(34)18(14)22(12)30/h8H,5-6H2,1-4H3. The molecule has 0 radical (unpaired) electrons. The van der Waals surface area contributed by atoms with Crippen LogP contribution in [0.5, 0.6) is 0 Å². The molecule has 0 aliphatic rings. The fraction of sp³-hybridized carbons (Fsp3) is 0.269. The molecule has 4 rings (SSSR count). The predicted molar refractivity (Wildman–Crippen MR) is 117 cm³/mol. The smallest absolute Gasteiger partial charge is 0.170 e. The van der Waals surface area contributed by atoms with Crippen LogP contribution in [0.15, 0.2) is 0 Å². The van der Waals surface area contributed by atoms with Gasteiger partial charge in [0.25, 0.3) is 0 Å². The van der Waals surface area contributed by atoms with E-state index in [9.17, 15) is 5.26 Å². The van der Waals surface area contributed by atoms with Crippen molar-refractivity contribution in [2.24, 2.45) is 5.92 Å². The van der Waals surface area contributed by atoms with Crippen molar-refractivity contribution < 1.29 is 35.1 Å². The molecule has 35 heavy (non-hydrogen) atoms. The van der Waals surface area contributed by atoms with Crippen molar-refractivity contribution in [2.75, 3.05) is 0 Å². The van der Waals surface area contributed by atoms with Gasteiger partial charge in [0.1, 0.15) is 23.3 Å². The van der Waals surface area contributed by atoms with Gasteiger partial charge in [-0.15, -0.1) is 0 Å². The number of hydrogen-bond donors (Lipinski definition) is 0. The Hall–Kier alpha value is -3.41. The zero-order valence-corrected chi connectivity index (χ0v) is 19.0. The lowest BCUT2D eigenvalue weighted by Crippen LogP contribution is -2.23. The zero-order chi connectivity index (χ0) is 26.1. The summed E-state index contributed by atoms with van der Waals surface area (Å²) in [5.74, 6) is -15.2. The molecule has 0 atom stereocenters. The fourth-order valence-corrected chi connectivity index (χ4v) is 4.53. The van der Waals surface area contributed by atoms with Gasteiger partial charge in [-0.2, -0.15) is 5.26 Å². The Morgan fingerprint density at radius 2 is 0.971 bits per heavy atom. The number of rotatable bonds is 3. The topological polar surface area (TPSA) is 23.8 Å². The first-order valence-corrected chi connectivity index (χ1v) is 10.7. The second-order valence-corrected chi connectivity index (χ2v) is 8.69. The summed E-state index contributed by atoms with van der Waals surface area (Å²) in [6.45, 7) is 5.93. The summed E-state index contributed by atoms with van der Waals surface area (Å²) in [7, 11) is 0. The molecule has 0 saturated heterocycles. The molecular formula is C26H17F8N. The third kappa shape index (κ3) is 3.12. The third-order valence-electron chi connectivity index (χ3n) is 6.47. The SMILES string of the molecule is CCCC(C#N)=c1c(F)c2c(F)c(F)c3c(F)c(=C(C)C(C)C)c(F)c4c(F)c(F)c(c1F)c2c34. The maximum absolute atomic E-state index is 15.5. The van der Waals surface area contributed by atoms with Gasteiger partial charge < -0.3 is 0 Å². The lowest BCUT2D eigenvalue weighted by atomic mass is 9.88. The zero-order valence-electron chi connectivity index (χ0n) is 19.0. The number of benzene rings is 4. The monoisotopic (exact) mass is 495 g/mol. The van der Waals surface area contributed by atoms with Gasteiger partial charge in [0.05, 0.1) is 32.8 Å². The molecule has 0 N–H and O–H groups in total. The molecule has 0 heterocycles.